The molecular formula is C14H20N2O2. The first-order valence-electron chi connectivity index (χ1n) is 6.35. The zero-order chi connectivity index (χ0) is 13.0. The van der Waals surface area contributed by atoms with Crippen LogP contribution < -0.4 is 10.6 Å². The Labute approximate surface area is 108 Å². The predicted octanol–water partition coefficient (Wildman–Crippen LogP) is 1.46. The standard InChI is InChI=1S/C14H20N2O2/c1-10(15-7-8-18-2)14(17)12-3-4-13-11(9-12)5-6-16-13/h3-4,9-10,15-16H,5-8H2,1-2H3. The van der Waals surface area contributed by atoms with Gasteiger partial charge >= 0.3 is 0 Å². The molecule has 98 valence electrons. The van der Waals surface area contributed by atoms with E-state index < -0.39 is 0 Å². The van der Waals surface area contributed by atoms with Gasteiger partial charge in [-0.1, -0.05) is 0 Å². The van der Waals surface area contributed by atoms with E-state index in [0.717, 1.165) is 24.2 Å². The second-order valence-electron chi connectivity index (χ2n) is 4.58. The highest BCUT2D eigenvalue weighted by molar-refractivity contribution is 6.00. The summed E-state index contributed by atoms with van der Waals surface area (Å²) in [6, 6.07) is 5.73. The van der Waals surface area contributed by atoms with Crippen LogP contribution in [0.15, 0.2) is 18.2 Å². The molecule has 18 heavy (non-hydrogen) atoms. The van der Waals surface area contributed by atoms with Crippen molar-refractivity contribution in [1.82, 2.24) is 5.32 Å². The molecular weight excluding hydrogens is 228 g/mol. The number of anilines is 1. The molecule has 1 unspecified atom stereocenters. The van der Waals surface area contributed by atoms with Crippen molar-refractivity contribution in [3.05, 3.63) is 29.3 Å². The molecule has 4 heteroatoms. The van der Waals surface area contributed by atoms with E-state index >= 15 is 0 Å². The number of rotatable bonds is 6. The van der Waals surface area contributed by atoms with Gasteiger partial charge in [0.2, 0.25) is 0 Å². The minimum Gasteiger partial charge on any atom is -0.384 e. The van der Waals surface area contributed by atoms with Gasteiger partial charge < -0.3 is 15.4 Å². The Morgan fingerprint density at radius 2 is 2.39 bits per heavy atom. The maximum atomic E-state index is 12.2. The van der Waals surface area contributed by atoms with Gasteiger partial charge in [0.1, 0.15) is 0 Å². The molecule has 2 rings (SSSR count). The molecule has 0 amide bonds. The van der Waals surface area contributed by atoms with Gasteiger partial charge in [-0.3, -0.25) is 4.79 Å². The van der Waals surface area contributed by atoms with Gasteiger partial charge in [-0.25, -0.2) is 0 Å². The maximum absolute atomic E-state index is 12.2. The molecule has 0 aromatic heterocycles. The first-order valence-corrected chi connectivity index (χ1v) is 6.35. The second kappa shape index (κ2) is 5.98. The van der Waals surface area contributed by atoms with Crippen LogP contribution in [0, 0.1) is 0 Å². The Bertz CT molecular complexity index is 432. The molecule has 0 aliphatic carbocycles. The number of ketones is 1. The van der Waals surface area contributed by atoms with Gasteiger partial charge in [-0.05, 0) is 37.1 Å². The highest BCUT2D eigenvalue weighted by Crippen LogP contribution is 2.23. The minimum atomic E-state index is -0.174. The third-order valence-electron chi connectivity index (χ3n) is 3.25. The number of hydrogen-bond donors (Lipinski definition) is 2. The van der Waals surface area contributed by atoms with Crippen molar-refractivity contribution in [2.45, 2.75) is 19.4 Å². The molecule has 4 nitrogen and oxygen atoms in total. The van der Waals surface area contributed by atoms with Gasteiger partial charge in [0.05, 0.1) is 12.6 Å². The number of fused-ring (bicyclic) bond motifs is 1. The summed E-state index contributed by atoms with van der Waals surface area (Å²) in [5.74, 6) is 0.140. The van der Waals surface area contributed by atoms with Crippen molar-refractivity contribution in [3.63, 3.8) is 0 Å². The first-order chi connectivity index (χ1) is 8.72. The van der Waals surface area contributed by atoms with Crippen LogP contribution in [0.4, 0.5) is 5.69 Å². The molecule has 2 N–H and O–H groups in total. The molecule has 0 bridgehead atoms. The Balaban J connectivity index is 2.00. The van der Waals surface area contributed by atoms with Crippen LogP contribution in [0.5, 0.6) is 0 Å². The Hall–Kier alpha value is -1.39. The molecule has 1 atom stereocenters. The number of methoxy groups -OCH3 is 1. The quantitative estimate of drug-likeness (QED) is 0.591. The highest BCUT2D eigenvalue weighted by atomic mass is 16.5. The Morgan fingerprint density at radius 3 is 3.17 bits per heavy atom. The van der Waals surface area contributed by atoms with Gasteiger partial charge in [-0.2, -0.15) is 0 Å². The zero-order valence-corrected chi connectivity index (χ0v) is 11.0. The molecule has 0 radical (unpaired) electrons. The van der Waals surface area contributed by atoms with Crippen molar-refractivity contribution in [3.8, 4) is 0 Å². The van der Waals surface area contributed by atoms with Gasteiger partial charge in [0, 0.05) is 31.5 Å². The highest BCUT2D eigenvalue weighted by Gasteiger charge is 2.17. The second-order valence-corrected chi connectivity index (χ2v) is 4.58. The summed E-state index contributed by atoms with van der Waals surface area (Å²) >= 11 is 0. The lowest BCUT2D eigenvalue weighted by molar-refractivity contribution is 0.0945. The summed E-state index contributed by atoms with van der Waals surface area (Å²) in [6.07, 6.45) is 1.00. The molecule has 0 fully saturated rings. The van der Waals surface area contributed by atoms with E-state index in [1.807, 2.05) is 25.1 Å². The molecule has 1 aromatic carbocycles. The average molecular weight is 248 g/mol. The summed E-state index contributed by atoms with van der Waals surface area (Å²) < 4.78 is 4.96. The molecule has 0 saturated heterocycles. The lowest BCUT2D eigenvalue weighted by Gasteiger charge is -2.13. The summed E-state index contributed by atoms with van der Waals surface area (Å²) in [6.45, 7) is 4.17. The van der Waals surface area contributed by atoms with Crippen molar-refractivity contribution < 1.29 is 9.53 Å². The number of nitrogens with one attached hydrogen (secondary N) is 2. The fourth-order valence-corrected chi connectivity index (χ4v) is 2.18. The van der Waals surface area contributed by atoms with Gasteiger partial charge in [0.25, 0.3) is 0 Å². The van der Waals surface area contributed by atoms with Crippen LogP contribution in [0.25, 0.3) is 0 Å². The van der Waals surface area contributed by atoms with E-state index in [1.165, 1.54) is 5.56 Å². The van der Waals surface area contributed by atoms with Gasteiger partial charge in [-0.15, -0.1) is 0 Å². The fraction of sp³-hybridized carbons (Fsp3) is 0.500. The van der Waals surface area contributed by atoms with E-state index in [1.54, 1.807) is 7.11 Å². The van der Waals surface area contributed by atoms with Crippen LogP contribution in [-0.4, -0.2) is 38.6 Å². The number of Topliss-reactive ketones (excluding diaryl/α,β-unsaturated/α-hetero) is 1. The van der Waals surface area contributed by atoms with Crippen molar-refractivity contribution >= 4 is 11.5 Å². The van der Waals surface area contributed by atoms with Crippen molar-refractivity contribution in [1.29, 1.82) is 0 Å². The van der Waals surface area contributed by atoms with Crippen LogP contribution in [0.2, 0.25) is 0 Å². The number of carbonyl (C=O) groups is 1. The van der Waals surface area contributed by atoms with Gasteiger partial charge in [0.15, 0.2) is 5.78 Å². The van der Waals surface area contributed by atoms with Crippen molar-refractivity contribution in [2.24, 2.45) is 0 Å². The van der Waals surface area contributed by atoms with E-state index in [4.69, 9.17) is 4.74 Å². The van der Waals surface area contributed by atoms with Crippen molar-refractivity contribution in [2.75, 3.05) is 32.1 Å². The lowest BCUT2D eigenvalue weighted by atomic mass is 10.0. The maximum Gasteiger partial charge on any atom is 0.179 e. The molecule has 1 heterocycles. The normalized spacial score (nSPS) is 15.0. The van der Waals surface area contributed by atoms with Crippen LogP contribution >= 0.6 is 0 Å². The molecule has 0 saturated carbocycles. The number of carbonyl (C=O) groups excluding carboxylic acids is 1. The van der Waals surface area contributed by atoms with E-state index in [9.17, 15) is 4.79 Å². The Morgan fingerprint density at radius 1 is 1.56 bits per heavy atom. The number of benzene rings is 1. The average Bonchev–Trinajstić information content (AvgIpc) is 2.85. The monoisotopic (exact) mass is 248 g/mol. The lowest BCUT2D eigenvalue weighted by Crippen LogP contribution is -2.36. The smallest absolute Gasteiger partial charge is 0.179 e. The largest absolute Gasteiger partial charge is 0.384 e. The molecule has 1 aliphatic rings. The summed E-state index contributed by atoms with van der Waals surface area (Å²) in [5.41, 5.74) is 3.19. The van der Waals surface area contributed by atoms with Crippen LogP contribution in [0.1, 0.15) is 22.8 Å². The predicted molar refractivity (Wildman–Crippen MR) is 72.3 cm³/mol. The SMILES string of the molecule is COCCNC(C)C(=O)c1ccc2c(c1)CCN2. The first kappa shape index (κ1) is 13.1. The third kappa shape index (κ3) is 2.89. The van der Waals surface area contributed by atoms with Crippen LogP contribution in [0.3, 0.4) is 0 Å². The third-order valence-corrected chi connectivity index (χ3v) is 3.25. The summed E-state index contributed by atoms with van der Waals surface area (Å²) in [7, 11) is 1.65. The Kier molecular flexibility index (Phi) is 4.33. The molecule has 0 spiro atoms. The number of hydrogen-bond acceptors (Lipinski definition) is 4. The van der Waals surface area contributed by atoms with E-state index in [2.05, 4.69) is 10.6 Å². The topological polar surface area (TPSA) is 50.4 Å². The minimum absolute atomic E-state index is 0.140. The summed E-state index contributed by atoms with van der Waals surface area (Å²) in [4.78, 5) is 12.2. The molecule has 1 aromatic rings. The summed E-state index contributed by atoms with van der Waals surface area (Å²) in [5, 5.41) is 6.45. The number of ether oxygens (including phenoxy) is 1. The fourth-order valence-electron chi connectivity index (χ4n) is 2.18. The van der Waals surface area contributed by atoms with E-state index in [-0.39, 0.29) is 11.8 Å². The zero-order valence-electron chi connectivity index (χ0n) is 11.0. The van der Waals surface area contributed by atoms with Crippen LogP contribution in [-0.2, 0) is 11.2 Å². The van der Waals surface area contributed by atoms with E-state index in [0.29, 0.717) is 13.2 Å². The molecule has 1 aliphatic heterocycles.